The quantitative estimate of drug-likeness (QED) is 0.679. The lowest BCUT2D eigenvalue weighted by atomic mass is 9.78. The number of hydrogen-bond donors (Lipinski definition) is 1. The summed E-state index contributed by atoms with van der Waals surface area (Å²) in [6.45, 7) is 3.52. The van der Waals surface area contributed by atoms with Crippen molar-refractivity contribution in [2.24, 2.45) is 0 Å². The molecule has 0 aliphatic heterocycles. The molecule has 0 saturated heterocycles. The van der Waals surface area contributed by atoms with Crippen LogP contribution in [0.1, 0.15) is 29.8 Å². The smallest absolute Gasteiger partial charge is 0.175 e. The van der Waals surface area contributed by atoms with Crippen LogP contribution in [0.25, 0.3) is 0 Å². The highest BCUT2D eigenvalue weighted by Gasteiger charge is 2.32. The van der Waals surface area contributed by atoms with E-state index in [1.54, 1.807) is 38.1 Å². The van der Waals surface area contributed by atoms with Crippen molar-refractivity contribution in [1.82, 2.24) is 0 Å². The Morgan fingerprint density at radius 2 is 1.75 bits per heavy atom. The van der Waals surface area contributed by atoms with Crippen LogP contribution in [-0.4, -0.2) is 5.78 Å². The van der Waals surface area contributed by atoms with E-state index in [4.69, 9.17) is 17.3 Å². The highest BCUT2D eigenvalue weighted by Crippen LogP contribution is 2.30. The summed E-state index contributed by atoms with van der Waals surface area (Å²) in [6, 6.07) is 11.1. The van der Waals surface area contributed by atoms with E-state index in [0.29, 0.717) is 5.69 Å². The summed E-state index contributed by atoms with van der Waals surface area (Å²) in [7, 11) is 0. The van der Waals surface area contributed by atoms with Gasteiger partial charge in [-0.05, 0) is 49.7 Å². The van der Waals surface area contributed by atoms with Crippen LogP contribution >= 0.6 is 11.6 Å². The SMILES string of the molecule is CC(C)(C(=O)c1ccc(Cl)cc1F)c1ccc(N)cc1. The van der Waals surface area contributed by atoms with E-state index in [2.05, 4.69) is 0 Å². The zero-order valence-corrected chi connectivity index (χ0v) is 12.0. The summed E-state index contributed by atoms with van der Waals surface area (Å²) in [5, 5.41) is 0.268. The van der Waals surface area contributed by atoms with Gasteiger partial charge in [0, 0.05) is 10.7 Å². The lowest BCUT2D eigenvalue weighted by Gasteiger charge is -2.24. The first-order valence-corrected chi connectivity index (χ1v) is 6.56. The lowest BCUT2D eigenvalue weighted by Crippen LogP contribution is -2.29. The van der Waals surface area contributed by atoms with Gasteiger partial charge < -0.3 is 5.73 Å². The Morgan fingerprint density at radius 1 is 1.15 bits per heavy atom. The van der Waals surface area contributed by atoms with Gasteiger partial charge in [0.05, 0.1) is 11.0 Å². The normalized spacial score (nSPS) is 11.4. The van der Waals surface area contributed by atoms with Gasteiger partial charge in [0.2, 0.25) is 0 Å². The van der Waals surface area contributed by atoms with Gasteiger partial charge >= 0.3 is 0 Å². The molecule has 0 radical (unpaired) electrons. The molecule has 0 aliphatic rings. The summed E-state index contributed by atoms with van der Waals surface area (Å²) in [6.07, 6.45) is 0. The van der Waals surface area contributed by atoms with Crippen molar-refractivity contribution in [2.45, 2.75) is 19.3 Å². The number of hydrogen-bond acceptors (Lipinski definition) is 2. The van der Waals surface area contributed by atoms with E-state index < -0.39 is 11.2 Å². The third kappa shape index (κ3) is 2.68. The van der Waals surface area contributed by atoms with Crippen LogP contribution < -0.4 is 5.73 Å². The molecule has 0 aliphatic carbocycles. The van der Waals surface area contributed by atoms with Gasteiger partial charge in [-0.1, -0.05) is 23.7 Å². The Bertz CT molecular complexity index is 650. The molecule has 2 nitrogen and oxygen atoms in total. The highest BCUT2D eigenvalue weighted by atomic mass is 35.5. The minimum atomic E-state index is -0.845. The number of nitrogen functional groups attached to an aromatic ring is 1. The van der Waals surface area contributed by atoms with Crippen LogP contribution in [0.2, 0.25) is 5.02 Å². The summed E-state index contributed by atoms with van der Waals surface area (Å²) in [5.41, 5.74) is 6.24. The molecule has 0 spiro atoms. The highest BCUT2D eigenvalue weighted by molar-refractivity contribution is 6.30. The molecule has 2 aromatic rings. The molecule has 0 bridgehead atoms. The molecule has 0 saturated carbocycles. The fourth-order valence-electron chi connectivity index (χ4n) is 2.04. The first-order chi connectivity index (χ1) is 9.32. The van der Waals surface area contributed by atoms with Gasteiger partial charge in [-0.25, -0.2) is 4.39 Å². The van der Waals surface area contributed by atoms with Gasteiger partial charge in [-0.2, -0.15) is 0 Å². The molecule has 2 N–H and O–H groups in total. The Kier molecular flexibility index (Phi) is 3.82. The standard InChI is InChI=1S/C16H15ClFNO/c1-16(2,10-3-6-12(19)7-4-10)15(20)13-8-5-11(17)9-14(13)18/h3-9H,19H2,1-2H3. The zero-order valence-electron chi connectivity index (χ0n) is 11.3. The Morgan fingerprint density at radius 3 is 2.30 bits per heavy atom. The van der Waals surface area contributed by atoms with Gasteiger partial charge in [0.1, 0.15) is 5.82 Å². The molecule has 0 heterocycles. The van der Waals surface area contributed by atoms with E-state index in [0.717, 1.165) is 11.6 Å². The monoisotopic (exact) mass is 291 g/mol. The zero-order chi connectivity index (χ0) is 14.9. The minimum absolute atomic E-state index is 0.0382. The average Bonchev–Trinajstić information content (AvgIpc) is 2.38. The second-order valence-electron chi connectivity index (χ2n) is 5.20. The molecule has 4 heteroatoms. The van der Waals surface area contributed by atoms with E-state index >= 15 is 0 Å². The van der Waals surface area contributed by atoms with Crippen molar-refractivity contribution in [3.63, 3.8) is 0 Å². The maximum absolute atomic E-state index is 13.9. The minimum Gasteiger partial charge on any atom is -0.399 e. The molecule has 104 valence electrons. The number of nitrogens with two attached hydrogens (primary N) is 1. The topological polar surface area (TPSA) is 43.1 Å². The summed E-state index contributed by atoms with van der Waals surface area (Å²) < 4.78 is 13.9. The molecule has 2 rings (SSSR count). The number of anilines is 1. The van der Waals surface area contributed by atoms with Crippen LogP contribution in [0.15, 0.2) is 42.5 Å². The van der Waals surface area contributed by atoms with Crippen molar-refractivity contribution in [1.29, 1.82) is 0 Å². The maximum atomic E-state index is 13.9. The molecule has 2 aromatic carbocycles. The van der Waals surface area contributed by atoms with Crippen LogP contribution in [-0.2, 0) is 5.41 Å². The molecule has 0 unspecified atom stereocenters. The van der Waals surface area contributed by atoms with Gasteiger partial charge in [-0.15, -0.1) is 0 Å². The van der Waals surface area contributed by atoms with Crippen molar-refractivity contribution in [2.75, 3.05) is 5.73 Å². The molecule has 0 amide bonds. The Balaban J connectivity index is 2.42. The number of Topliss-reactive ketones (excluding diaryl/α,β-unsaturated/α-hetero) is 1. The van der Waals surface area contributed by atoms with Crippen LogP contribution in [0, 0.1) is 5.82 Å². The Hall–Kier alpha value is -1.87. The van der Waals surface area contributed by atoms with Crippen molar-refractivity contribution in [3.05, 3.63) is 64.4 Å². The number of carbonyl (C=O) groups is 1. The first-order valence-electron chi connectivity index (χ1n) is 6.18. The second-order valence-corrected chi connectivity index (χ2v) is 5.64. The van der Waals surface area contributed by atoms with E-state index in [1.165, 1.54) is 12.1 Å². The van der Waals surface area contributed by atoms with Crippen molar-refractivity contribution >= 4 is 23.1 Å². The number of rotatable bonds is 3. The predicted octanol–water partition coefficient (Wildman–Crippen LogP) is 4.22. The Labute approximate surface area is 122 Å². The maximum Gasteiger partial charge on any atom is 0.175 e. The molecule has 0 aromatic heterocycles. The summed E-state index contributed by atoms with van der Waals surface area (Å²) >= 11 is 5.71. The lowest BCUT2D eigenvalue weighted by molar-refractivity contribution is 0.0904. The first kappa shape index (κ1) is 14.5. The predicted molar refractivity (Wildman–Crippen MR) is 79.6 cm³/mol. The van der Waals surface area contributed by atoms with Gasteiger partial charge in [0.25, 0.3) is 0 Å². The van der Waals surface area contributed by atoms with Crippen LogP contribution in [0.5, 0.6) is 0 Å². The average molecular weight is 292 g/mol. The van der Waals surface area contributed by atoms with Gasteiger partial charge in [0.15, 0.2) is 5.78 Å². The van der Waals surface area contributed by atoms with E-state index in [1.807, 2.05) is 0 Å². The molecular weight excluding hydrogens is 277 g/mol. The number of carbonyl (C=O) groups excluding carboxylic acids is 1. The van der Waals surface area contributed by atoms with Crippen molar-refractivity contribution < 1.29 is 9.18 Å². The second kappa shape index (κ2) is 5.25. The van der Waals surface area contributed by atoms with E-state index in [-0.39, 0.29) is 16.4 Å². The molecular formula is C16H15ClFNO. The number of ketones is 1. The third-order valence-corrected chi connectivity index (χ3v) is 3.61. The largest absolute Gasteiger partial charge is 0.399 e. The fraction of sp³-hybridized carbons (Fsp3) is 0.188. The summed E-state index contributed by atoms with van der Waals surface area (Å²) in [5.74, 6) is -0.901. The molecule has 0 fully saturated rings. The van der Waals surface area contributed by atoms with Crippen LogP contribution in [0.4, 0.5) is 10.1 Å². The number of benzene rings is 2. The molecule has 0 atom stereocenters. The fourth-order valence-corrected chi connectivity index (χ4v) is 2.20. The van der Waals surface area contributed by atoms with Gasteiger partial charge in [-0.3, -0.25) is 4.79 Å². The summed E-state index contributed by atoms with van der Waals surface area (Å²) in [4.78, 5) is 12.6. The number of halogens is 2. The molecule has 20 heavy (non-hydrogen) atoms. The van der Waals surface area contributed by atoms with Crippen LogP contribution in [0.3, 0.4) is 0 Å². The van der Waals surface area contributed by atoms with E-state index in [9.17, 15) is 9.18 Å². The van der Waals surface area contributed by atoms with Crippen molar-refractivity contribution in [3.8, 4) is 0 Å². The third-order valence-electron chi connectivity index (χ3n) is 3.38.